The third kappa shape index (κ3) is 1.69. The van der Waals surface area contributed by atoms with Gasteiger partial charge >= 0.3 is 0 Å². The molecular formula is C8H9N3O2S. The molecule has 0 atom stereocenters. The first kappa shape index (κ1) is 10.5. The fraction of sp³-hybridized carbons (Fsp3) is 0.125. The van der Waals surface area contributed by atoms with Gasteiger partial charge in [-0.25, -0.2) is 13.6 Å². The molecule has 0 heterocycles. The van der Waals surface area contributed by atoms with Crippen LogP contribution in [0.3, 0.4) is 0 Å². The zero-order chi connectivity index (χ0) is 10.9. The Morgan fingerprint density at radius 3 is 2.43 bits per heavy atom. The standard InChI is InChI=1S/C8H9N3O2S/c1-5-2-3-6(4-9)8(7(5)10)14(11,12)13/h2-3H,10H2,1H3,(H2,11,12,13). The fourth-order valence-corrected chi connectivity index (χ4v) is 1.98. The van der Waals surface area contributed by atoms with Gasteiger partial charge < -0.3 is 5.73 Å². The minimum Gasteiger partial charge on any atom is -0.397 e. The van der Waals surface area contributed by atoms with Gasteiger partial charge in [-0.3, -0.25) is 0 Å². The zero-order valence-corrected chi connectivity index (χ0v) is 8.30. The Kier molecular flexibility index (Phi) is 2.47. The molecule has 6 heteroatoms. The summed E-state index contributed by atoms with van der Waals surface area (Å²) in [7, 11) is -3.95. The summed E-state index contributed by atoms with van der Waals surface area (Å²) in [6.07, 6.45) is 0. The molecule has 0 saturated carbocycles. The van der Waals surface area contributed by atoms with Crippen molar-refractivity contribution in [2.45, 2.75) is 11.8 Å². The highest BCUT2D eigenvalue weighted by atomic mass is 32.2. The SMILES string of the molecule is Cc1ccc(C#N)c(S(N)(=O)=O)c1N. The summed E-state index contributed by atoms with van der Waals surface area (Å²) in [6, 6.07) is 4.68. The molecule has 0 aromatic heterocycles. The largest absolute Gasteiger partial charge is 0.397 e. The number of nitrogen functional groups attached to an aromatic ring is 1. The summed E-state index contributed by atoms with van der Waals surface area (Å²) in [6.45, 7) is 1.64. The summed E-state index contributed by atoms with van der Waals surface area (Å²) < 4.78 is 22.3. The van der Waals surface area contributed by atoms with Gasteiger partial charge in [0.2, 0.25) is 10.0 Å². The van der Waals surface area contributed by atoms with Crippen molar-refractivity contribution in [1.29, 1.82) is 5.26 Å². The van der Waals surface area contributed by atoms with Crippen LogP contribution in [0.2, 0.25) is 0 Å². The van der Waals surface area contributed by atoms with Crippen molar-refractivity contribution >= 4 is 15.7 Å². The highest BCUT2D eigenvalue weighted by molar-refractivity contribution is 7.89. The lowest BCUT2D eigenvalue weighted by Crippen LogP contribution is -2.16. The van der Waals surface area contributed by atoms with Crippen molar-refractivity contribution in [1.82, 2.24) is 0 Å². The van der Waals surface area contributed by atoms with E-state index in [2.05, 4.69) is 0 Å². The van der Waals surface area contributed by atoms with Crippen LogP contribution < -0.4 is 10.9 Å². The first-order chi connectivity index (χ1) is 6.38. The van der Waals surface area contributed by atoms with E-state index in [0.29, 0.717) is 5.56 Å². The summed E-state index contributed by atoms with van der Waals surface area (Å²) >= 11 is 0. The second-order valence-electron chi connectivity index (χ2n) is 2.83. The van der Waals surface area contributed by atoms with Gasteiger partial charge in [0.25, 0.3) is 0 Å². The first-order valence-electron chi connectivity index (χ1n) is 3.70. The monoisotopic (exact) mass is 211 g/mol. The average Bonchev–Trinajstić information content (AvgIpc) is 2.07. The molecule has 0 saturated heterocycles. The second-order valence-corrected chi connectivity index (χ2v) is 4.33. The lowest BCUT2D eigenvalue weighted by Gasteiger charge is -2.07. The molecule has 1 aromatic carbocycles. The molecule has 1 aromatic rings. The molecule has 14 heavy (non-hydrogen) atoms. The van der Waals surface area contributed by atoms with E-state index in [-0.39, 0.29) is 16.1 Å². The predicted octanol–water partition coefficient (Wildman–Crippen LogP) is 0.0963. The van der Waals surface area contributed by atoms with Crippen molar-refractivity contribution < 1.29 is 8.42 Å². The minimum atomic E-state index is -3.95. The molecule has 0 aliphatic heterocycles. The predicted molar refractivity (Wildman–Crippen MR) is 51.7 cm³/mol. The van der Waals surface area contributed by atoms with Crippen LogP contribution in [0, 0.1) is 18.3 Å². The normalized spacial score (nSPS) is 10.9. The van der Waals surface area contributed by atoms with Crippen LogP contribution in [0.4, 0.5) is 5.69 Å². The van der Waals surface area contributed by atoms with E-state index in [1.54, 1.807) is 19.1 Å². The maximum Gasteiger partial charge on any atom is 0.241 e. The van der Waals surface area contributed by atoms with Crippen LogP contribution in [-0.2, 0) is 10.0 Å². The highest BCUT2D eigenvalue weighted by Crippen LogP contribution is 2.24. The second kappa shape index (κ2) is 3.29. The summed E-state index contributed by atoms with van der Waals surface area (Å²) in [5.74, 6) is 0. The maximum absolute atomic E-state index is 11.1. The zero-order valence-electron chi connectivity index (χ0n) is 7.48. The highest BCUT2D eigenvalue weighted by Gasteiger charge is 2.18. The van der Waals surface area contributed by atoms with E-state index in [1.807, 2.05) is 0 Å². The number of aryl methyl sites for hydroxylation is 1. The molecule has 0 fully saturated rings. The van der Waals surface area contributed by atoms with Crippen LogP contribution in [-0.4, -0.2) is 8.42 Å². The van der Waals surface area contributed by atoms with Crippen LogP contribution >= 0.6 is 0 Å². The molecule has 5 nitrogen and oxygen atoms in total. The lowest BCUT2D eigenvalue weighted by atomic mass is 10.1. The van der Waals surface area contributed by atoms with E-state index in [4.69, 9.17) is 16.1 Å². The quantitative estimate of drug-likeness (QED) is 0.641. The van der Waals surface area contributed by atoms with Crippen LogP contribution in [0.15, 0.2) is 17.0 Å². The number of benzene rings is 1. The van der Waals surface area contributed by atoms with Crippen LogP contribution in [0.25, 0.3) is 0 Å². The van der Waals surface area contributed by atoms with E-state index < -0.39 is 10.0 Å². The Hall–Kier alpha value is -1.58. The fourth-order valence-electron chi connectivity index (χ4n) is 1.09. The molecular weight excluding hydrogens is 202 g/mol. The Balaban J connectivity index is 3.72. The number of nitriles is 1. The molecule has 0 radical (unpaired) electrons. The Morgan fingerprint density at radius 2 is 2.00 bits per heavy atom. The number of sulfonamides is 1. The molecule has 74 valence electrons. The molecule has 0 bridgehead atoms. The van der Waals surface area contributed by atoms with Crippen molar-refractivity contribution in [3.63, 3.8) is 0 Å². The molecule has 0 unspecified atom stereocenters. The molecule has 0 amide bonds. The van der Waals surface area contributed by atoms with Crippen molar-refractivity contribution in [2.24, 2.45) is 5.14 Å². The summed E-state index contributed by atoms with van der Waals surface area (Å²) in [4.78, 5) is -0.292. The van der Waals surface area contributed by atoms with E-state index in [9.17, 15) is 8.42 Å². The molecule has 0 spiro atoms. The molecule has 1 rings (SSSR count). The van der Waals surface area contributed by atoms with Gasteiger partial charge in [-0.15, -0.1) is 0 Å². The molecule has 0 aliphatic carbocycles. The Bertz CT molecular complexity index is 514. The van der Waals surface area contributed by atoms with Gasteiger partial charge in [-0.2, -0.15) is 5.26 Å². The topological polar surface area (TPSA) is 110 Å². The Labute approximate surface area is 82.0 Å². The van der Waals surface area contributed by atoms with Crippen molar-refractivity contribution in [3.8, 4) is 6.07 Å². The summed E-state index contributed by atoms with van der Waals surface area (Å²) in [5, 5.41) is 13.6. The maximum atomic E-state index is 11.1. The average molecular weight is 211 g/mol. The number of anilines is 1. The molecule has 0 aliphatic rings. The minimum absolute atomic E-state index is 0.0319. The number of nitrogens with two attached hydrogens (primary N) is 2. The van der Waals surface area contributed by atoms with Crippen molar-refractivity contribution in [2.75, 3.05) is 5.73 Å². The lowest BCUT2D eigenvalue weighted by molar-refractivity contribution is 0.598. The number of hydrogen-bond donors (Lipinski definition) is 2. The van der Waals surface area contributed by atoms with Crippen LogP contribution in [0.1, 0.15) is 11.1 Å². The van der Waals surface area contributed by atoms with E-state index in [1.165, 1.54) is 6.07 Å². The van der Waals surface area contributed by atoms with Crippen LogP contribution in [0.5, 0.6) is 0 Å². The van der Waals surface area contributed by atoms with Gasteiger partial charge in [0.1, 0.15) is 11.0 Å². The van der Waals surface area contributed by atoms with Gasteiger partial charge in [0.05, 0.1) is 11.3 Å². The number of nitrogens with zero attached hydrogens (tertiary/aromatic N) is 1. The first-order valence-corrected chi connectivity index (χ1v) is 5.24. The van der Waals surface area contributed by atoms with Gasteiger partial charge in [0.15, 0.2) is 0 Å². The van der Waals surface area contributed by atoms with Gasteiger partial charge in [-0.1, -0.05) is 6.07 Å². The van der Waals surface area contributed by atoms with Gasteiger partial charge in [0, 0.05) is 0 Å². The number of primary sulfonamides is 1. The molecule has 4 N–H and O–H groups in total. The summed E-state index contributed by atoms with van der Waals surface area (Å²) in [5.41, 5.74) is 6.11. The van der Waals surface area contributed by atoms with Gasteiger partial charge in [-0.05, 0) is 18.6 Å². The number of rotatable bonds is 1. The number of hydrogen-bond acceptors (Lipinski definition) is 4. The third-order valence-electron chi connectivity index (χ3n) is 1.82. The Morgan fingerprint density at radius 1 is 1.43 bits per heavy atom. The van der Waals surface area contributed by atoms with E-state index in [0.717, 1.165) is 0 Å². The smallest absolute Gasteiger partial charge is 0.241 e. The van der Waals surface area contributed by atoms with E-state index >= 15 is 0 Å². The third-order valence-corrected chi connectivity index (χ3v) is 2.83. The van der Waals surface area contributed by atoms with Crippen molar-refractivity contribution in [3.05, 3.63) is 23.3 Å².